The van der Waals surface area contributed by atoms with Gasteiger partial charge >= 0.3 is 76.9 Å². The van der Waals surface area contributed by atoms with Crippen LogP contribution in [-0.2, 0) is 9.59 Å². The fraction of sp³-hybridized carbons (Fsp3) is 0.850. The Morgan fingerprint density at radius 1 is 0.903 bits per heavy atom. The molecule has 1 aliphatic rings. The quantitative estimate of drug-likeness (QED) is 0.0904. The maximum atomic E-state index is 11.4. The van der Waals surface area contributed by atoms with Crippen LogP contribution in [0.2, 0.25) is 0 Å². The van der Waals surface area contributed by atoms with Crippen molar-refractivity contribution in [3.05, 3.63) is 0 Å². The molecule has 5 N–H and O–H groups in total. The van der Waals surface area contributed by atoms with Gasteiger partial charge in [-0.05, 0) is 6.42 Å². The number of unbranched alkanes of at least 4 members (excludes halogenated alkanes) is 8. The first-order chi connectivity index (χ1) is 12.9. The van der Waals surface area contributed by atoms with E-state index in [-0.39, 0.29) is 94.2 Å². The van der Waals surface area contributed by atoms with Crippen LogP contribution >= 0.6 is 0 Å². The van der Waals surface area contributed by atoms with Gasteiger partial charge in [0.05, 0.1) is 13.0 Å². The first-order valence-corrected chi connectivity index (χ1v) is 10.5. The molecule has 1 heterocycles. The zero-order valence-corrected chi connectivity index (χ0v) is 23.8. The molecule has 1 aliphatic heterocycles. The van der Waals surface area contributed by atoms with Crippen molar-refractivity contribution in [1.29, 1.82) is 0 Å². The molecule has 1 rings (SSSR count). The van der Waals surface area contributed by atoms with Crippen molar-refractivity contribution in [2.24, 2.45) is 0 Å². The predicted octanol–water partition coefficient (Wildman–Crippen LogP) is -4.04. The predicted molar refractivity (Wildman–Crippen MR) is 108 cm³/mol. The Morgan fingerprint density at radius 2 is 1.42 bits per heavy atom. The van der Waals surface area contributed by atoms with Gasteiger partial charge in [-0.2, -0.15) is 4.58 Å². The Kier molecular flexibility index (Phi) is 27.8. The Morgan fingerprint density at radius 3 is 1.87 bits per heavy atom. The number of rotatable bonds is 16. The molecule has 0 saturated carbocycles. The molecular formula is C20H40N2Na2O7+2. The van der Waals surface area contributed by atoms with Gasteiger partial charge in [-0.15, -0.1) is 0 Å². The Hall–Kier alpha value is 0.450. The molecule has 0 aromatic heterocycles. The van der Waals surface area contributed by atoms with Crippen molar-refractivity contribution in [1.82, 2.24) is 0 Å². The molecule has 0 saturated heterocycles. The molecule has 0 amide bonds. The third-order valence-corrected chi connectivity index (χ3v) is 5.51. The molecular weight excluding hydrogens is 426 g/mol. The molecule has 1 atom stereocenters. The van der Waals surface area contributed by atoms with E-state index in [1.165, 1.54) is 38.5 Å². The molecule has 0 aliphatic carbocycles. The summed E-state index contributed by atoms with van der Waals surface area (Å²) in [6.45, 7) is 3.33. The van der Waals surface area contributed by atoms with E-state index in [9.17, 15) is 24.9 Å². The molecule has 11 heteroatoms. The van der Waals surface area contributed by atoms with Crippen LogP contribution in [0.3, 0.4) is 0 Å². The van der Waals surface area contributed by atoms with Gasteiger partial charge in [0.2, 0.25) is 6.54 Å². The third kappa shape index (κ3) is 15.1. The number of hydrogen-bond acceptors (Lipinski definition) is 5. The summed E-state index contributed by atoms with van der Waals surface area (Å²) in [7, 11) is 0. The van der Waals surface area contributed by atoms with Gasteiger partial charge in [0.15, 0.2) is 13.1 Å². The van der Waals surface area contributed by atoms with E-state index in [0.717, 1.165) is 25.1 Å². The summed E-state index contributed by atoms with van der Waals surface area (Å²) in [6.07, 6.45) is 11.6. The number of carboxylic acid groups (broad SMARTS) is 2. The standard InChI is InChI=1S/C20H36N2O5.2Na.2H2O/c1-2-3-4-5-6-7-8-9-10-11-18-21(16-19(24)25)12-13-22(18,14-15-23)17-20(26)27;;;;/h23H,2-17H2,1H3;;;2*1H2/q;2*+1;;. The average Bonchev–Trinajstić information content (AvgIpc) is 2.90. The van der Waals surface area contributed by atoms with Gasteiger partial charge in [0.25, 0.3) is 0 Å². The second kappa shape index (κ2) is 22.3. The van der Waals surface area contributed by atoms with Gasteiger partial charge in [-0.3, -0.25) is 0 Å². The van der Waals surface area contributed by atoms with E-state index >= 15 is 0 Å². The monoisotopic (exact) mass is 466 g/mol. The maximum Gasteiger partial charge on any atom is 1.00 e. The number of quaternary nitrogens is 1. The average molecular weight is 467 g/mol. The van der Waals surface area contributed by atoms with Crippen LogP contribution in [0.4, 0.5) is 0 Å². The number of nitrogens with zero attached hydrogens (tertiary/aromatic N) is 2. The molecule has 0 aromatic rings. The largest absolute Gasteiger partial charge is 1.00 e. The summed E-state index contributed by atoms with van der Waals surface area (Å²) in [5.41, 5.74) is 0. The van der Waals surface area contributed by atoms with E-state index in [0.29, 0.717) is 26.1 Å². The minimum Gasteiger partial charge on any atom is -0.870 e. The Bertz CT molecular complexity index is 522. The van der Waals surface area contributed by atoms with Crippen molar-refractivity contribution in [3.8, 4) is 0 Å². The van der Waals surface area contributed by atoms with Crippen LogP contribution < -0.4 is 59.1 Å². The zero-order chi connectivity index (χ0) is 20.1. The van der Waals surface area contributed by atoms with Crippen LogP contribution in [0.5, 0.6) is 0 Å². The molecule has 31 heavy (non-hydrogen) atoms. The van der Waals surface area contributed by atoms with E-state index in [1.54, 1.807) is 0 Å². The number of aliphatic hydroxyl groups excluding tert-OH is 1. The minimum absolute atomic E-state index is 0. The van der Waals surface area contributed by atoms with Crippen molar-refractivity contribution in [3.63, 3.8) is 0 Å². The summed E-state index contributed by atoms with van der Waals surface area (Å²) < 4.78 is 2.00. The molecule has 0 fully saturated rings. The first-order valence-electron chi connectivity index (χ1n) is 10.5. The van der Waals surface area contributed by atoms with E-state index in [1.807, 2.05) is 4.58 Å². The second-order valence-corrected chi connectivity index (χ2v) is 7.68. The smallest absolute Gasteiger partial charge is 0.870 e. The molecule has 0 radical (unpaired) electrons. The Labute approximate surface area is 230 Å². The second-order valence-electron chi connectivity index (χ2n) is 7.68. The fourth-order valence-corrected chi connectivity index (χ4v) is 4.13. The summed E-state index contributed by atoms with van der Waals surface area (Å²) in [5.74, 6) is -0.944. The molecule has 0 bridgehead atoms. The third-order valence-electron chi connectivity index (χ3n) is 5.51. The summed E-state index contributed by atoms with van der Waals surface area (Å²) in [5, 5.41) is 28.0. The number of amidine groups is 1. The molecule has 1 unspecified atom stereocenters. The topological polar surface area (TPSA) is 158 Å². The fourth-order valence-electron chi connectivity index (χ4n) is 4.13. The van der Waals surface area contributed by atoms with Crippen molar-refractivity contribution in [2.75, 3.05) is 39.3 Å². The summed E-state index contributed by atoms with van der Waals surface area (Å²) in [6, 6.07) is 0. The first kappa shape index (κ1) is 38.7. The van der Waals surface area contributed by atoms with Crippen molar-refractivity contribution < 1.29 is 104 Å². The van der Waals surface area contributed by atoms with Gasteiger partial charge < -0.3 is 26.3 Å². The maximum absolute atomic E-state index is 11.4. The van der Waals surface area contributed by atoms with Crippen LogP contribution in [0.25, 0.3) is 0 Å². The Balaban J connectivity index is -0.000000911. The molecule has 0 spiro atoms. The van der Waals surface area contributed by atoms with Gasteiger partial charge in [0.1, 0.15) is 13.1 Å². The number of carboxylic acids is 2. The van der Waals surface area contributed by atoms with Crippen LogP contribution in [0.15, 0.2) is 0 Å². The number of carbonyl (C=O) groups is 2. The summed E-state index contributed by atoms with van der Waals surface area (Å²) in [4.78, 5) is 22.6. The number of aliphatic hydroxyl groups is 1. The molecule has 172 valence electrons. The van der Waals surface area contributed by atoms with Crippen LogP contribution in [0, 0.1) is 0 Å². The molecule has 9 nitrogen and oxygen atoms in total. The van der Waals surface area contributed by atoms with Crippen LogP contribution in [-0.4, -0.2) is 92.4 Å². The minimum atomic E-state index is -0.912. The summed E-state index contributed by atoms with van der Waals surface area (Å²) >= 11 is 0. The van der Waals surface area contributed by atoms with Crippen molar-refractivity contribution in [2.45, 2.75) is 71.1 Å². The SMILES string of the molecule is CCCCCCCCCCCC1=[N+](CC(=O)O)CC[N+]1(CCO)CC(=O)O.[Na+].[Na+].[OH-].[OH-]. The van der Waals surface area contributed by atoms with E-state index in [4.69, 9.17) is 0 Å². The van der Waals surface area contributed by atoms with Gasteiger partial charge in [-0.1, -0.05) is 58.3 Å². The number of hydrogen-bond donors (Lipinski definition) is 3. The normalized spacial score (nSPS) is 17.1. The molecule has 0 aromatic carbocycles. The zero-order valence-electron chi connectivity index (χ0n) is 19.8. The van der Waals surface area contributed by atoms with E-state index < -0.39 is 11.9 Å². The van der Waals surface area contributed by atoms with Gasteiger partial charge in [-0.25, -0.2) is 14.1 Å². The van der Waals surface area contributed by atoms with E-state index in [2.05, 4.69) is 6.92 Å². The van der Waals surface area contributed by atoms with Crippen LogP contribution in [0.1, 0.15) is 71.1 Å². The number of aliphatic carboxylic acids is 2. The van der Waals surface area contributed by atoms with Gasteiger partial charge in [0, 0.05) is 0 Å². The van der Waals surface area contributed by atoms with Crippen molar-refractivity contribution >= 4 is 17.8 Å².